The van der Waals surface area contributed by atoms with E-state index >= 15 is 0 Å². The lowest BCUT2D eigenvalue weighted by atomic mass is 10.0. The van der Waals surface area contributed by atoms with Crippen molar-refractivity contribution in [3.8, 4) is 5.75 Å². The monoisotopic (exact) mass is 320 g/mol. The quantitative estimate of drug-likeness (QED) is 0.730. The van der Waals surface area contributed by atoms with Crippen LogP contribution in [-0.2, 0) is 0 Å². The summed E-state index contributed by atoms with van der Waals surface area (Å²) in [6, 6.07) is 11.5. The Morgan fingerprint density at radius 3 is 2.29 bits per heavy atom. The molecular weight excluding hydrogens is 308 g/mol. The smallest absolute Gasteiger partial charge is 0.258 e. The fourth-order valence-electron chi connectivity index (χ4n) is 2.99. The average Bonchev–Trinajstić information content (AvgIpc) is 2.85. The summed E-state index contributed by atoms with van der Waals surface area (Å²) in [6.45, 7) is 0. The maximum Gasteiger partial charge on any atom is 0.258 e. The number of ketones is 2. The third kappa shape index (κ3) is 1.96. The molecule has 0 radical (unpaired) electrons. The van der Waals surface area contributed by atoms with Gasteiger partial charge < -0.3 is 9.72 Å². The molecular formula is C18H12N2O4. The van der Waals surface area contributed by atoms with E-state index in [1.54, 1.807) is 42.5 Å². The highest BCUT2D eigenvalue weighted by Gasteiger charge is 2.41. The molecule has 0 saturated heterocycles. The average molecular weight is 320 g/mol. The van der Waals surface area contributed by atoms with Crippen molar-refractivity contribution in [1.29, 1.82) is 0 Å². The number of aromatic nitrogens is 2. The molecule has 24 heavy (non-hydrogen) atoms. The summed E-state index contributed by atoms with van der Waals surface area (Å²) in [4.78, 5) is 44.3. The topological polar surface area (TPSA) is 89.1 Å². The number of methoxy groups -OCH3 is 1. The summed E-state index contributed by atoms with van der Waals surface area (Å²) in [5, 5.41) is 0.370. The van der Waals surface area contributed by atoms with Crippen LogP contribution < -0.4 is 10.3 Å². The zero-order chi connectivity index (χ0) is 16.8. The highest BCUT2D eigenvalue weighted by Crippen LogP contribution is 2.32. The van der Waals surface area contributed by atoms with Crippen LogP contribution in [0.5, 0.6) is 5.75 Å². The maximum atomic E-state index is 12.6. The number of nitrogens with one attached hydrogen (secondary N) is 1. The molecule has 1 N–H and O–H groups in total. The van der Waals surface area contributed by atoms with Crippen LogP contribution in [0.25, 0.3) is 10.9 Å². The van der Waals surface area contributed by atoms with Gasteiger partial charge in [-0.3, -0.25) is 14.4 Å². The molecule has 3 aromatic rings. The van der Waals surface area contributed by atoms with Crippen molar-refractivity contribution in [2.45, 2.75) is 5.92 Å². The van der Waals surface area contributed by atoms with E-state index in [0.29, 0.717) is 27.8 Å². The second-order valence-corrected chi connectivity index (χ2v) is 5.54. The molecule has 1 aliphatic rings. The zero-order valence-corrected chi connectivity index (χ0v) is 12.7. The van der Waals surface area contributed by atoms with E-state index in [1.807, 2.05) is 0 Å². The van der Waals surface area contributed by atoms with E-state index < -0.39 is 11.5 Å². The number of benzene rings is 2. The number of aromatic amines is 1. The van der Waals surface area contributed by atoms with Crippen LogP contribution in [0.3, 0.4) is 0 Å². The maximum absolute atomic E-state index is 12.6. The molecule has 0 saturated carbocycles. The van der Waals surface area contributed by atoms with Crippen LogP contribution in [0.2, 0.25) is 0 Å². The molecule has 2 aromatic carbocycles. The Kier molecular flexibility index (Phi) is 3.06. The molecule has 6 heteroatoms. The number of Topliss-reactive ketones (excluding diaryl/α,β-unsaturated/α-hetero) is 2. The molecule has 4 rings (SSSR count). The van der Waals surface area contributed by atoms with Crippen molar-refractivity contribution >= 4 is 22.5 Å². The second kappa shape index (κ2) is 5.13. The largest absolute Gasteiger partial charge is 0.497 e. The first-order chi connectivity index (χ1) is 11.6. The van der Waals surface area contributed by atoms with Gasteiger partial charge in [-0.2, -0.15) is 0 Å². The van der Waals surface area contributed by atoms with Crippen LogP contribution >= 0.6 is 0 Å². The molecule has 0 spiro atoms. The molecule has 6 nitrogen and oxygen atoms in total. The normalized spacial score (nSPS) is 14.2. The van der Waals surface area contributed by atoms with Gasteiger partial charge in [0.05, 0.1) is 18.0 Å². The van der Waals surface area contributed by atoms with Crippen LogP contribution in [0.15, 0.2) is 47.3 Å². The van der Waals surface area contributed by atoms with E-state index in [1.165, 1.54) is 7.11 Å². The number of nitrogens with zero attached hydrogens (tertiary/aromatic N) is 1. The summed E-state index contributed by atoms with van der Waals surface area (Å²) in [5.74, 6) is -1.20. The van der Waals surface area contributed by atoms with Crippen molar-refractivity contribution < 1.29 is 14.3 Å². The summed E-state index contributed by atoms with van der Waals surface area (Å²) in [7, 11) is 1.51. The first-order valence-corrected chi connectivity index (χ1v) is 7.35. The summed E-state index contributed by atoms with van der Waals surface area (Å²) in [6.07, 6.45) is 0. The molecule has 0 fully saturated rings. The number of carbonyl (C=O) groups excluding carboxylic acids is 2. The molecule has 118 valence electrons. The third-order valence-corrected chi connectivity index (χ3v) is 4.19. The zero-order valence-electron chi connectivity index (χ0n) is 12.7. The fourth-order valence-corrected chi connectivity index (χ4v) is 2.99. The Hall–Kier alpha value is -3.28. The number of hydrogen-bond donors (Lipinski definition) is 1. The van der Waals surface area contributed by atoms with E-state index in [4.69, 9.17) is 4.74 Å². The predicted molar refractivity (Wildman–Crippen MR) is 86.8 cm³/mol. The summed E-state index contributed by atoms with van der Waals surface area (Å²) < 4.78 is 5.13. The van der Waals surface area contributed by atoms with Gasteiger partial charge in [-0.1, -0.05) is 24.3 Å². The Morgan fingerprint density at radius 2 is 1.67 bits per heavy atom. The van der Waals surface area contributed by atoms with Crippen molar-refractivity contribution in [3.05, 3.63) is 69.8 Å². The predicted octanol–water partition coefficient (Wildman–Crippen LogP) is 2.09. The Morgan fingerprint density at radius 1 is 1.00 bits per heavy atom. The van der Waals surface area contributed by atoms with Crippen molar-refractivity contribution in [2.75, 3.05) is 7.11 Å². The van der Waals surface area contributed by atoms with Crippen LogP contribution in [-0.4, -0.2) is 28.6 Å². The van der Waals surface area contributed by atoms with Gasteiger partial charge in [0.2, 0.25) is 0 Å². The first-order valence-electron chi connectivity index (χ1n) is 7.35. The number of fused-ring (bicyclic) bond motifs is 2. The van der Waals surface area contributed by atoms with Gasteiger partial charge in [-0.15, -0.1) is 0 Å². The van der Waals surface area contributed by atoms with Crippen molar-refractivity contribution in [1.82, 2.24) is 9.97 Å². The number of rotatable bonds is 2. The lowest BCUT2D eigenvalue weighted by Crippen LogP contribution is -2.21. The lowest BCUT2D eigenvalue weighted by Gasteiger charge is -2.08. The van der Waals surface area contributed by atoms with Gasteiger partial charge in [0.25, 0.3) is 5.56 Å². The number of H-pyrrole nitrogens is 1. The van der Waals surface area contributed by atoms with E-state index in [0.717, 1.165) is 0 Å². The summed E-state index contributed by atoms with van der Waals surface area (Å²) in [5.41, 5.74) is 0.709. The molecule has 0 atom stereocenters. The lowest BCUT2D eigenvalue weighted by molar-refractivity contribution is 0.0885. The third-order valence-electron chi connectivity index (χ3n) is 4.19. The van der Waals surface area contributed by atoms with Gasteiger partial charge >= 0.3 is 0 Å². The minimum absolute atomic E-state index is 0.0620. The van der Waals surface area contributed by atoms with Gasteiger partial charge in [0.15, 0.2) is 11.6 Å². The van der Waals surface area contributed by atoms with Gasteiger partial charge in [-0.25, -0.2) is 4.98 Å². The highest BCUT2D eigenvalue weighted by molar-refractivity contribution is 6.29. The Balaban J connectivity index is 1.90. The highest BCUT2D eigenvalue weighted by atomic mass is 16.5. The standard InChI is InChI=1S/C18H12N2O4/c1-24-9-6-7-12-13(8-9)19-17(20-18(12)23)14-15(21)10-4-2-3-5-11(10)16(14)22/h2-8,14H,1H3,(H,19,20,23). The molecule has 1 aromatic heterocycles. The molecule has 0 bridgehead atoms. The van der Waals surface area contributed by atoms with Crippen molar-refractivity contribution in [3.63, 3.8) is 0 Å². The first kappa shape index (κ1) is 14.3. The minimum atomic E-state index is -1.11. The molecule has 0 unspecified atom stereocenters. The Bertz CT molecular complexity index is 1030. The van der Waals surface area contributed by atoms with Crippen molar-refractivity contribution in [2.24, 2.45) is 0 Å². The molecule has 1 heterocycles. The molecule has 0 aliphatic heterocycles. The van der Waals surface area contributed by atoms with Gasteiger partial charge in [0.1, 0.15) is 17.5 Å². The van der Waals surface area contributed by atoms with E-state index in [2.05, 4.69) is 9.97 Å². The SMILES string of the molecule is COc1ccc2c(=O)[nH]c(C3C(=O)c4ccccc4C3=O)nc2c1. The number of carbonyl (C=O) groups is 2. The number of ether oxygens (including phenoxy) is 1. The van der Waals surface area contributed by atoms with E-state index in [-0.39, 0.29) is 17.4 Å². The van der Waals surface area contributed by atoms with Crippen LogP contribution in [0.1, 0.15) is 32.5 Å². The number of hydrogen-bond acceptors (Lipinski definition) is 5. The minimum Gasteiger partial charge on any atom is -0.497 e. The van der Waals surface area contributed by atoms with Gasteiger partial charge in [0, 0.05) is 17.2 Å². The Labute approximate surface area is 136 Å². The molecule has 0 amide bonds. The summed E-state index contributed by atoms with van der Waals surface area (Å²) >= 11 is 0. The second-order valence-electron chi connectivity index (χ2n) is 5.54. The van der Waals surface area contributed by atoms with Gasteiger partial charge in [-0.05, 0) is 12.1 Å². The van der Waals surface area contributed by atoms with E-state index in [9.17, 15) is 14.4 Å². The van der Waals surface area contributed by atoms with Crippen LogP contribution in [0.4, 0.5) is 0 Å². The fraction of sp³-hybridized carbons (Fsp3) is 0.111. The van der Waals surface area contributed by atoms with Crippen LogP contribution in [0, 0.1) is 0 Å². The molecule has 1 aliphatic carbocycles.